The smallest absolute Gasteiger partial charge is 0.257 e. The van der Waals surface area contributed by atoms with Gasteiger partial charge in [0.15, 0.2) is 5.03 Å². The van der Waals surface area contributed by atoms with E-state index in [0.29, 0.717) is 24.2 Å². The van der Waals surface area contributed by atoms with Crippen molar-refractivity contribution in [1.29, 1.82) is 0 Å². The number of rotatable bonds is 4. The molecule has 102 valence electrons. The first kappa shape index (κ1) is 13.5. The van der Waals surface area contributed by atoms with Gasteiger partial charge in [-0.15, -0.1) is 0 Å². The number of imidazole rings is 1. The van der Waals surface area contributed by atoms with Crippen LogP contribution in [-0.2, 0) is 10.0 Å². The maximum absolute atomic E-state index is 12.0. The van der Waals surface area contributed by atoms with Crippen molar-refractivity contribution in [1.82, 2.24) is 14.7 Å². The third-order valence-corrected chi connectivity index (χ3v) is 5.13. The fourth-order valence-corrected chi connectivity index (χ4v) is 3.59. The molecule has 0 aliphatic heterocycles. The first-order valence-electron chi connectivity index (χ1n) is 6.50. The zero-order chi connectivity index (χ0) is 13.2. The van der Waals surface area contributed by atoms with E-state index in [-0.39, 0.29) is 5.03 Å². The van der Waals surface area contributed by atoms with Crippen LogP contribution in [0.4, 0.5) is 0 Å². The maximum Gasteiger partial charge on any atom is 0.257 e. The molecule has 0 aromatic carbocycles. The molecule has 1 fully saturated rings. The molecular weight excluding hydrogens is 250 g/mol. The summed E-state index contributed by atoms with van der Waals surface area (Å²) < 4.78 is 26.7. The van der Waals surface area contributed by atoms with Gasteiger partial charge in [-0.1, -0.05) is 26.2 Å². The highest BCUT2D eigenvalue weighted by Crippen LogP contribution is 2.29. The number of nitrogens with zero attached hydrogens (tertiary/aromatic N) is 1. The van der Waals surface area contributed by atoms with Gasteiger partial charge in [-0.25, -0.2) is 18.1 Å². The molecule has 0 radical (unpaired) electrons. The summed E-state index contributed by atoms with van der Waals surface area (Å²) in [6, 6.07) is 0. The summed E-state index contributed by atoms with van der Waals surface area (Å²) in [5, 5.41) is 0.156. The predicted octanol–water partition coefficient (Wildman–Crippen LogP) is 1.82. The van der Waals surface area contributed by atoms with Crippen LogP contribution in [0, 0.1) is 18.8 Å². The summed E-state index contributed by atoms with van der Waals surface area (Å²) in [6.45, 7) is 4.47. The fraction of sp³-hybridized carbons (Fsp3) is 0.750. The van der Waals surface area contributed by atoms with Crippen molar-refractivity contribution in [2.45, 2.75) is 44.6 Å². The van der Waals surface area contributed by atoms with E-state index in [9.17, 15) is 8.42 Å². The van der Waals surface area contributed by atoms with Crippen LogP contribution in [0.15, 0.2) is 11.2 Å². The zero-order valence-corrected chi connectivity index (χ0v) is 11.8. The van der Waals surface area contributed by atoms with Crippen molar-refractivity contribution in [3.63, 3.8) is 0 Å². The van der Waals surface area contributed by atoms with Crippen LogP contribution in [0.2, 0.25) is 0 Å². The molecule has 1 aromatic rings. The van der Waals surface area contributed by atoms with Crippen molar-refractivity contribution in [2.75, 3.05) is 6.54 Å². The lowest BCUT2D eigenvalue weighted by atomic mass is 9.81. The van der Waals surface area contributed by atoms with E-state index in [1.165, 1.54) is 25.5 Å². The Morgan fingerprint density at radius 1 is 1.44 bits per heavy atom. The largest absolute Gasteiger partial charge is 0.332 e. The molecule has 0 bridgehead atoms. The van der Waals surface area contributed by atoms with Gasteiger partial charge in [0.05, 0.1) is 6.20 Å². The molecule has 0 amide bonds. The highest BCUT2D eigenvalue weighted by Gasteiger charge is 2.24. The van der Waals surface area contributed by atoms with E-state index < -0.39 is 10.0 Å². The van der Waals surface area contributed by atoms with Gasteiger partial charge in [0.25, 0.3) is 10.0 Å². The summed E-state index contributed by atoms with van der Waals surface area (Å²) in [7, 11) is -3.43. The Bertz CT molecular complexity index is 495. The minimum absolute atomic E-state index is 0.156. The second-order valence-electron chi connectivity index (χ2n) is 5.21. The standard InChI is InChI=1S/C12H21N3O2S/c1-9-5-3-4-6-11(9)7-14-18(16,17)12-8-13-10(2)15-12/h8-9,11,14H,3-7H2,1-2H3,(H,13,15). The maximum atomic E-state index is 12.0. The number of aromatic nitrogens is 2. The molecule has 0 spiro atoms. The summed E-state index contributed by atoms with van der Waals surface area (Å²) in [4.78, 5) is 6.67. The molecule has 1 aliphatic carbocycles. The Labute approximate surface area is 108 Å². The minimum atomic E-state index is -3.43. The number of H-pyrrole nitrogens is 1. The average Bonchev–Trinajstić information content (AvgIpc) is 2.76. The van der Waals surface area contributed by atoms with Gasteiger partial charge in [0.1, 0.15) is 5.82 Å². The van der Waals surface area contributed by atoms with Crippen LogP contribution in [-0.4, -0.2) is 24.9 Å². The summed E-state index contributed by atoms with van der Waals surface area (Å²) in [5.74, 6) is 1.67. The van der Waals surface area contributed by atoms with Gasteiger partial charge in [-0.3, -0.25) is 0 Å². The summed E-state index contributed by atoms with van der Waals surface area (Å²) in [6.07, 6.45) is 6.16. The SMILES string of the molecule is Cc1ncc(S(=O)(=O)NCC2CCCCC2C)[nH]1. The van der Waals surface area contributed by atoms with Crippen molar-refractivity contribution in [2.24, 2.45) is 11.8 Å². The Hall–Kier alpha value is -0.880. The molecule has 1 heterocycles. The van der Waals surface area contributed by atoms with Crippen molar-refractivity contribution in [3.8, 4) is 0 Å². The van der Waals surface area contributed by atoms with Crippen LogP contribution in [0.3, 0.4) is 0 Å². The van der Waals surface area contributed by atoms with E-state index in [1.54, 1.807) is 6.92 Å². The second kappa shape index (κ2) is 5.40. The van der Waals surface area contributed by atoms with Crippen LogP contribution < -0.4 is 4.72 Å². The number of hydrogen-bond acceptors (Lipinski definition) is 3. The number of aromatic amines is 1. The molecule has 1 saturated carbocycles. The van der Waals surface area contributed by atoms with Gasteiger partial charge < -0.3 is 4.98 Å². The first-order valence-corrected chi connectivity index (χ1v) is 7.98. The molecule has 2 unspecified atom stereocenters. The van der Waals surface area contributed by atoms with Gasteiger partial charge in [-0.2, -0.15) is 0 Å². The van der Waals surface area contributed by atoms with Gasteiger partial charge in [0, 0.05) is 6.54 Å². The van der Waals surface area contributed by atoms with E-state index in [2.05, 4.69) is 21.6 Å². The summed E-state index contributed by atoms with van der Waals surface area (Å²) >= 11 is 0. The third kappa shape index (κ3) is 3.11. The number of sulfonamides is 1. The van der Waals surface area contributed by atoms with Gasteiger partial charge >= 0.3 is 0 Å². The highest BCUT2D eigenvalue weighted by molar-refractivity contribution is 7.89. The monoisotopic (exact) mass is 271 g/mol. The molecule has 18 heavy (non-hydrogen) atoms. The Morgan fingerprint density at radius 2 is 2.17 bits per heavy atom. The van der Waals surface area contributed by atoms with E-state index in [1.807, 2.05) is 0 Å². The zero-order valence-electron chi connectivity index (χ0n) is 10.9. The average molecular weight is 271 g/mol. The molecule has 0 saturated heterocycles. The van der Waals surface area contributed by atoms with Gasteiger partial charge in [-0.05, 0) is 25.2 Å². The van der Waals surface area contributed by atoms with E-state index in [0.717, 1.165) is 6.42 Å². The number of nitrogens with one attached hydrogen (secondary N) is 2. The molecular formula is C12H21N3O2S. The normalized spacial score (nSPS) is 25.2. The minimum Gasteiger partial charge on any atom is -0.332 e. The lowest BCUT2D eigenvalue weighted by Crippen LogP contribution is -2.33. The molecule has 1 aliphatic rings. The third-order valence-electron chi connectivity index (χ3n) is 3.79. The molecule has 1 aromatic heterocycles. The van der Waals surface area contributed by atoms with Gasteiger partial charge in [0.2, 0.25) is 0 Å². The van der Waals surface area contributed by atoms with Crippen LogP contribution in [0.25, 0.3) is 0 Å². The van der Waals surface area contributed by atoms with Crippen LogP contribution >= 0.6 is 0 Å². The highest BCUT2D eigenvalue weighted by atomic mass is 32.2. The fourth-order valence-electron chi connectivity index (χ4n) is 2.53. The first-order chi connectivity index (χ1) is 8.49. The molecule has 5 nitrogen and oxygen atoms in total. The van der Waals surface area contributed by atoms with E-state index in [4.69, 9.17) is 0 Å². The lowest BCUT2D eigenvalue weighted by Gasteiger charge is -2.28. The molecule has 6 heteroatoms. The molecule has 2 rings (SSSR count). The lowest BCUT2D eigenvalue weighted by molar-refractivity contribution is 0.257. The Morgan fingerprint density at radius 3 is 2.78 bits per heavy atom. The van der Waals surface area contributed by atoms with Crippen LogP contribution in [0.1, 0.15) is 38.4 Å². The molecule has 2 atom stereocenters. The van der Waals surface area contributed by atoms with Crippen molar-refractivity contribution >= 4 is 10.0 Å². The topological polar surface area (TPSA) is 74.8 Å². The van der Waals surface area contributed by atoms with E-state index >= 15 is 0 Å². The van der Waals surface area contributed by atoms with Crippen molar-refractivity contribution in [3.05, 3.63) is 12.0 Å². The summed E-state index contributed by atoms with van der Waals surface area (Å²) in [5.41, 5.74) is 0. The Kier molecular flexibility index (Phi) is 4.07. The second-order valence-corrected chi connectivity index (χ2v) is 6.94. The van der Waals surface area contributed by atoms with Crippen LogP contribution in [0.5, 0.6) is 0 Å². The Balaban J connectivity index is 1.96. The number of aryl methyl sites for hydroxylation is 1. The number of hydrogen-bond donors (Lipinski definition) is 2. The quantitative estimate of drug-likeness (QED) is 0.877. The molecule has 2 N–H and O–H groups in total. The van der Waals surface area contributed by atoms with Crippen molar-refractivity contribution < 1.29 is 8.42 Å². The predicted molar refractivity (Wildman–Crippen MR) is 69.6 cm³/mol.